The summed E-state index contributed by atoms with van der Waals surface area (Å²) < 4.78 is 11.9. The summed E-state index contributed by atoms with van der Waals surface area (Å²) in [5, 5.41) is 15.6. The maximum absolute atomic E-state index is 13.1. The number of allylic oxidation sites excluding steroid dienone is 1. The molecule has 308 valence electrons. The molecule has 4 amide bonds. The molecule has 12 nitrogen and oxygen atoms in total. The number of ether oxygens (including phenoxy) is 2. The summed E-state index contributed by atoms with van der Waals surface area (Å²) in [6.07, 6.45) is 1.52. The summed E-state index contributed by atoms with van der Waals surface area (Å²) in [6, 6.07) is 30.4. The number of piperazine rings is 1. The summed E-state index contributed by atoms with van der Waals surface area (Å²) >= 11 is 6.31. The summed E-state index contributed by atoms with van der Waals surface area (Å²) in [5.74, 6) is 0.588. The molecule has 0 aromatic heterocycles. The van der Waals surface area contributed by atoms with Gasteiger partial charge in [0, 0.05) is 74.9 Å². The second kappa shape index (κ2) is 19.8. The van der Waals surface area contributed by atoms with Crippen LogP contribution in [0.5, 0.6) is 11.5 Å². The highest BCUT2D eigenvalue weighted by molar-refractivity contribution is 6.18. The van der Waals surface area contributed by atoms with Gasteiger partial charge in [0.1, 0.15) is 24.1 Å². The number of anilines is 1. The minimum atomic E-state index is -0.660. The Balaban J connectivity index is 0.814. The first-order valence-electron chi connectivity index (χ1n) is 20.2. The van der Waals surface area contributed by atoms with Crippen molar-refractivity contribution in [3.05, 3.63) is 125 Å². The molecule has 0 bridgehead atoms. The minimum Gasteiger partial charge on any atom is -0.508 e. The SMILES string of the molecule is O=C1CCC(N2Cc3c(NCCOCCC(=O)N4CCN(CCOc5ccc(C(=C(CCCl)c6ccccc6)c6ccc(O)cc6)cc5)CC4)cccc3C2=O)C(=O)N1. The number of phenolic OH excluding ortho intramolecular Hbond substituents is 1. The number of hydrogen-bond acceptors (Lipinski definition) is 9. The second-order valence-electron chi connectivity index (χ2n) is 14.8. The van der Waals surface area contributed by atoms with Gasteiger partial charge in [-0.1, -0.05) is 60.7 Å². The van der Waals surface area contributed by atoms with Crippen LogP contribution >= 0.6 is 11.6 Å². The molecule has 3 heterocycles. The molecule has 3 aliphatic heterocycles. The number of piperidine rings is 1. The molecule has 0 saturated carbocycles. The number of amides is 4. The lowest BCUT2D eigenvalue weighted by atomic mass is 9.88. The fraction of sp³-hybridized carbons (Fsp3) is 0.348. The van der Waals surface area contributed by atoms with Crippen molar-refractivity contribution in [2.24, 2.45) is 0 Å². The zero-order valence-corrected chi connectivity index (χ0v) is 33.8. The number of halogens is 1. The van der Waals surface area contributed by atoms with Gasteiger partial charge < -0.3 is 29.7 Å². The van der Waals surface area contributed by atoms with E-state index in [0.717, 1.165) is 64.5 Å². The lowest BCUT2D eigenvalue weighted by Crippen LogP contribution is -2.52. The smallest absolute Gasteiger partial charge is 0.255 e. The van der Waals surface area contributed by atoms with Gasteiger partial charge in [0.15, 0.2) is 0 Å². The van der Waals surface area contributed by atoms with Crippen LogP contribution in [-0.2, 0) is 25.7 Å². The Morgan fingerprint density at radius 2 is 1.54 bits per heavy atom. The highest BCUT2D eigenvalue weighted by Crippen LogP contribution is 2.36. The van der Waals surface area contributed by atoms with Crippen LogP contribution in [0.15, 0.2) is 97.1 Å². The number of nitrogens with one attached hydrogen (secondary N) is 2. The maximum atomic E-state index is 13.1. The van der Waals surface area contributed by atoms with E-state index in [1.54, 1.807) is 24.3 Å². The maximum Gasteiger partial charge on any atom is 0.255 e. The fourth-order valence-electron chi connectivity index (χ4n) is 7.95. The number of hydrogen-bond donors (Lipinski definition) is 3. The van der Waals surface area contributed by atoms with Crippen molar-refractivity contribution >= 4 is 52.1 Å². The Morgan fingerprint density at radius 1 is 0.814 bits per heavy atom. The third-order valence-corrected chi connectivity index (χ3v) is 11.3. The van der Waals surface area contributed by atoms with Crippen LogP contribution in [0.1, 0.15) is 58.3 Å². The van der Waals surface area contributed by atoms with Gasteiger partial charge in [0.05, 0.1) is 19.6 Å². The molecular formula is C46H50ClN5O7. The Bertz CT molecular complexity index is 2140. The Labute approximate surface area is 349 Å². The van der Waals surface area contributed by atoms with Gasteiger partial charge in [-0.15, -0.1) is 11.6 Å². The van der Waals surface area contributed by atoms with Crippen LogP contribution in [0.3, 0.4) is 0 Å². The Morgan fingerprint density at radius 3 is 2.25 bits per heavy atom. The molecule has 0 radical (unpaired) electrons. The zero-order chi connectivity index (χ0) is 41.1. The predicted molar refractivity (Wildman–Crippen MR) is 227 cm³/mol. The minimum absolute atomic E-state index is 0.0732. The van der Waals surface area contributed by atoms with Gasteiger partial charge in [-0.25, -0.2) is 0 Å². The summed E-state index contributed by atoms with van der Waals surface area (Å²) in [6.45, 7) is 5.61. The van der Waals surface area contributed by atoms with Gasteiger partial charge in [-0.05, 0) is 77.1 Å². The molecule has 1 atom stereocenters. The molecule has 2 fully saturated rings. The van der Waals surface area contributed by atoms with Crippen molar-refractivity contribution in [3.63, 3.8) is 0 Å². The van der Waals surface area contributed by atoms with E-state index in [9.17, 15) is 24.3 Å². The average Bonchev–Trinajstić information content (AvgIpc) is 3.59. The normalized spacial score (nSPS) is 17.4. The summed E-state index contributed by atoms with van der Waals surface area (Å²) in [5.41, 5.74) is 7.50. The molecule has 13 heteroatoms. The number of imide groups is 1. The van der Waals surface area contributed by atoms with Crippen LogP contribution in [0, 0.1) is 0 Å². The largest absolute Gasteiger partial charge is 0.508 e. The monoisotopic (exact) mass is 819 g/mol. The average molecular weight is 820 g/mol. The number of aromatic hydroxyl groups is 1. The molecule has 3 N–H and O–H groups in total. The van der Waals surface area contributed by atoms with Crippen molar-refractivity contribution in [2.45, 2.75) is 38.3 Å². The summed E-state index contributed by atoms with van der Waals surface area (Å²) in [4.78, 5) is 55.8. The van der Waals surface area contributed by atoms with Crippen molar-refractivity contribution in [1.82, 2.24) is 20.0 Å². The first-order chi connectivity index (χ1) is 28.8. The quantitative estimate of drug-likeness (QED) is 0.0524. The topological polar surface area (TPSA) is 141 Å². The van der Waals surface area contributed by atoms with Crippen molar-refractivity contribution in [2.75, 3.05) is 70.3 Å². The molecule has 4 aromatic carbocycles. The fourth-order valence-corrected chi connectivity index (χ4v) is 8.14. The van der Waals surface area contributed by atoms with Crippen molar-refractivity contribution in [1.29, 1.82) is 0 Å². The van der Waals surface area contributed by atoms with E-state index in [2.05, 4.69) is 39.8 Å². The highest BCUT2D eigenvalue weighted by Gasteiger charge is 2.39. The van der Waals surface area contributed by atoms with Crippen LogP contribution in [0.4, 0.5) is 5.69 Å². The number of alkyl halides is 1. The van der Waals surface area contributed by atoms with Crippen molar-refractivity contribution in [3.8, 4) is 11.5 Å². The molecule has 7 rings (SSSR count). The van der Waals surface area contributed by atoms with Crippen LogP contribution in [0.2, 0.25) is 0 Å². The van der Waals surface area contributed by atoms with E-state index in [-0.39, 0.29) is 29.9 Å². The molecule has 0 aliphatic carbocycles. The number of nitrogens with zero attached hydrogens (tertiary/aromatic N) is 3. The van der Waals surface area contributed by atoms with E-state index >= 15 is 0 Å². The molecule has 1 unspecified atom stereocenters. The number of phenols is 1. The molecule has 3 aliphatic rings. The van der Waals surface area contributed by atoms with Crippen molar-refractivity contribution < 1.29 is 33.8 Å². The van der Waals surface area contributed by atoms with Gasteiger partial charge in [0.2, 0.25) is 17.7 Å². The Hall–Kier alpha value is -5.69. The van der Waals surface area contributed by atoms with Gasteiger partial charge in [-0.2, -0.15) is 0 Å². The Kier molecular flexibility index (Phi) is 13.9. The number of carbonyl (C=O) groups is 4. The number of benzene rings is 4. The van der Waals surface area contributed by atoms with Gasteiger partial charge in [0.25, 0.3) is 5.91 Å². The molecule has 0 spiro atoms. The molecule has 59 heavy (non-hydrogen) atoms. The van der Waals surface area contributed by atoms with Crippen LogP contribution < -0.4 is 15.4 Å². The first-order valence-corrected chi connectivity index (χ1v) is 20.8. The zero-order valence-electron chi connectivity index (χ0n) is 33.0. The van der Waals surface area contributed by atoms with E-state index in [0.29, 0.717) is 76.7 Å². The lowest BCUT2D eigenvalue weighted by Gasteiger charge is -2.34. The summed E-state index contributed by atoms with van der Waals surface area (Å²) in [7, 11) is 0. The van der Waals surface area contributed by atoms with Gasteiger partial charge >= 0.3 is 0 Å². The van der Waals surface area contributed by atoms with E-state index < -0.39 is 11.9 Å². The standard InChI is InChI=1S/C46H50ClN5O7/c47-21-19-37(32-5-2-1-3-6-32)44(33-9-13-35(53)14-10-33)34-11-15-36(16-12-34)59-30-27-50-23-25-51(26-24-50)43(55)20-28-58-29-22-48-40-8-4-7-38-39(40)31-52(46(38)57)41-17-18-42(54)49-45(41)56/h1-16,41,48,53H,17-31H2,(H,49,54,56). The highest BCUT2D eigenvalue weighted by atomic mass is 35.5. The third-order valence-electron chi connectivity index (χ3n) is 11.1. The molecule has 2 saturated heterocycles. The van der Waals surface area contributed by atoms with E-state index in [4.69, 9.17) is 21.1 Å². The number of rotatable bonds is 17. The van der Waals surface area contributed by atoms with E-state index in [1.165, 1.54) is 4.90 Å². The van der Waals surface area contributed by atoms with Crippen LogP contribution in [0.25, 0.3) is 11.1 Å². The number of carbonyl (C=O) groups excluding carboxylic acids is 4. The van der Waals surface area contributed by atoms with E-state index in [1.807, 2.05) is 53.4 Å². The molecular weight excluding hydrogens is 770 g/mol. The lowest BCUT2D eigenvalue weighted by molar-refractivity contribution is -0.137. The van der Waals surface area contributed by atoms with Gasteiger partial charge in [-0.3, -0.25) is 29.4 Å². The molecule has 4 aromatic rings. The first kappa shape index (κ1) is 41.5. The number of fused-ring (bicyclic) bond motifs is 1. The van der Waals surface area contributed by atoms with Crippen LogP contribution in [-0.4, -0.2) is 114 Å². The predicted octanol–water partition coefficient (Wildman–Crippen LogP) is 5.78. The second-order valence-corrected chi connectivity index (χ2v) is 15.2. The third kappa shape index (κ3) is 10.3.